The molecule has 4 heterocycles. The zero-order valence-corrected chi connectivity index (χ0v) is 20.2. The number of hydrogen-bond donors (Lipinski definition) is 3. The molecule has 4 aromatic heterocycles. The summed E-state index contributed by atoms with van der Waals surface area (Å²) in [5.41, 5.74) is 9.83. The number of nitrogens with two attached hydrogens (primary N) is 3. The van der Waals surface area contributed by atoms with Gasteiger partial charge in [-0.05, 0) is 30.3 Å². The van der Waals surface area contributed by atoms with E-state index in [-0.39, 0.29) is 23.9 Å². The van der Waals surface area contributed by atoms with Gasteiger partial charge < -0.3 is 16.1 Å². The van der Waals surface area contributed by atoms with Crippen LogP contribution in [0.15, 0.2) is 76.9 Å². The lowest BCUT2D eigenvalue weighted by Crippen LogP contribution is -2.39. The second-order valence-corrected chi connectivity index (χ2v) is 8.31. The van der Waals surface area contributed by atoms with Gasteiger partial charge in [-0.15, -0.1) is 5.10 Å². The van der Waals surface area contributed by atoms with Crippen LogP contribution in [0.5, 0.6) is 0 Å². The average molecular weight is 507 g/mol. The minimum atomic E-state index is -0.176. The summed E-state index contributed by atoms with van der Waals surface area (Å²) in [7, 11) is 1.65. The molecule has 13 heteroatoms. The van der Waals surface area contributed by atoms with Gasteiger partial charge in [0, 0.05) is 36.6 Å². The van der Waals surface area contributed by atoms with E-state index in [1.165, 1.54) is 20.2 Å². The topological polar surface area (TPSA) is 195 Å². The van der Waals surface area contributed by atoms with E-state index in [2.05, 4.69) is 26.2 Å². The molecule has 0 fully saturated rings. The standard InChI is InChI=1S/C25H22N12O/c1-35-13-17(8-9-20(35)38)21-22(16-6-4-5-15(11-16)12-26)32-25(27)37-24(21)31-19(34-37)14-36(29)23(33-28)18-7-2-3-10-30-18/h2-11,13H,14,28-29H2,1H3,(H2,27,32)/b33-23-. The van der Waals surface area contributed by atoms with Crippen LogP contribution < -0.4 is 23.0 Å². The minimum absolute atomic E-state index is 0.0275. The highest BCUT2D eigenvalue weighted by molar-refractivity contribution is 5.96. The first-order valence-electron chi connectivity index (χ1n) is 11.3. The van der Waals surface area contributed by atoms with Gasteiger partial charge in [0.1, 0.15) is 5.69 Å². The van der Waals surface area contributed by atoms with Crippen molar-refractivity contribution in [3.8, 4) is 28.5 Å². The van der Waals surface area contributed by atoms with Gasteiger partial charge in [-0.2, -0.15) is 14.9 Å². The third kappa shape index (κ3) is 4.38. The lowest BCUT2D eigenvalue weighted by atomic mass is 10.00. The first-order valence-corrected chi connectivity index (χ1v) is 11.3. The summed E-state index contributed by atoms with van der Waals surface area (Å²) in [6.45, 7) is 0.0275. The molecule has 0 saturated heterocycles. The van der Waals surface area contributed by atoms with E-state index >= 15 is 0 Å². The van der Waals surface area contributed by atoms with E-state index in [4.69, 9.17) is 22.4 Å². The highest BCUT2D eigenvalue weighted by Crippen LogP contribution is 2.34. The van der Waals surface area contributed by atoms with Crippen LogP contribution in [0.25, 0.3) is 28.0 Å². The van der Waals surface area contributed by atoms with Gasteiger partial charge in [0.05, 0.1) is 29.4 Å². The second-order valence-electron chi connectivity index (χ2n) is 8.31. The fourth-order valence-corrected chi connectivity index (χ4v) is 4.03. The van der Waals surface area contributed by atoms with E-state index in [0.29, 0.717) is 45.1 Å². The van der Waals surface area contributed by atoms with Crippen LogP contribution in [0.1, 0.15) is 17.1 Å². The van der Waals surface area contributed by atoms with Crippen LogP contribution in [-0.2, 0) is 13.6 Å². The lowest BCUT2D eigenvalue weighted by Gasteiger charge is -2.17. The Morgan fingerprint density at radius 1 is 1.13 bits per heavy atom. The number of aromatic nitrogens is 6. The molecule has 1 aromatic carbocycles. The van der Waals surface area contributed by atoms with E-state index in [0.717, 1.165) is 0 Å². The number of rotatable bonds is 5. The molecule has 0 aliphatic rings. The molecule has 13 nitrogen and oxygen atoms in total. The predicted molar refractivity (Wildman–Crippen MR) is 141 cm³/mol. The number of nitrogens with zero attached hydrogens (tertiary/aromatic N) is 9. The number of nitrogen functional groups attached to an aromatic ring is 1. The molecule has 0 aliphatic heterocycles. The number of fused-ring (bicyclic) bond motifs is 1. The van der Waals surface area contributed by atoms with Crippen molar-refractivity contribution in [3.63, 3.8) is 0 Å². The molecule has 38 heavy (non-hydrogen) atoms. The van der Waals surface area contributed by atoms with E-state index in [1.54, 1.807) is 61.9 Å². The highest BCUT2D eigenvalue weighted by Gasteiger charge is 2.22. The number of hydrogen-bond acceptors (Lipinski definition) is 10. The van der Waals surface area contributed by atoms with Gasteiger partial charge in [-0.25, -0.2) is 15.8 Å². The van der Waals surface area contributed by atoms with Gasteiger partial charge in [-0.3, -0.25) is 14.8 Å². The number of aryl methyl sites for hydroxylation is 1. The fourth-order valence-electron chi connectivity index (χ4n) is 4.03. The Balaban J connectivity index is 1.68. The third-order valence-corrected chi connectivity index (χ3v) is 5.79. The van der Waals surface area contributed by atoms with Crippen molar-refractivity contribution in [2.75, 3.05) is 5.73 Å². The van der Waals surface area contributed by atoms with Crippen LogP contribution in [0, 0.1) is 11.3 Å². The molecule has 6 N–H and O–H groups in total. The molecule has 0 saturated carbocycles. The normalized spacial score (nSPS) is 11.4. The SMILES string of the molecule is Cn1cc(-c2c(-c3cccc(C#N)c3)nc(N)n3nc(CN(N)/C(=N\N)c4ccccn4)nc23)ccc1=O. The highest BCUT2D eigenvalue weighted by atomic mass is 16.1. The maximum atomic E-state index is 12.1. The smallest absolute Gasteiger partial charge is 0.250 e. The van der Waals surface area contributed by atoms with Gasteiger partial charge in [0.2, 0.25) is 11.5 Å². The number of amidine groups is 1. The minimum Gasteiger partial charge on any atom is -0.368 e. The zero-order valence-electron chi connectivity index (χ0n) is 20.2. The monoisotopic (exact) mass is 506 g/mol. The molecule has 0 atom stereocenters. The van der Waals surface area contributed by atoms with Crippen LogP contribution >= 0.6 is 0 Å². The molecule has 0 aliphatic carbocycles. The molecule has 5 rings (SSSR count). The van der Waals surface area contributed by atoms with Crippen molar-refractivity contribution >= 4 is 17.4 Å². The molecule has 0 spiro atoms. The van der Waals surface area contributed by atoms with Crippen molar-refractivity contribution in [3.05, 3.63) is 94.4 Å². The zero-order chi connectivity index (χ0) is 26.8. The number of hydrazone groups is 1. The largest absolute Gasteiger partial charge is 0.368 e. The molecule has 188 valence electrons. The summed E-state index contributed by atoms with van der Waals surface area (Å²) in [6, 6.07) is 17.5. The Labute approximate surface area is 216 Å². The van der Waals surface area contributed by atoms with Crippen molar-refractivity contribution in [2.45, 2.75) is 6.54 Å². The molecule has 0 unspecified atom stereocenters. The summed E-state index contributed by atoms with van der Waals surface area (Å²) < 4.78 is 2.86. The Kier molecular flexibility index (Phi) is 6.22. The third-order valence-electron chi connectivity index (χ3n) is 5.79. The lowest BCUT2D eigenvalue weighted by molar-refractivity contribution is 0.419. The average Bonchev–Trinajstić information content (AvgIpc) is 3.35. The molecule has 0 radical (unpaired) electrons. The second kappa shape index (κ2) is 9.80. The first kappa shape index (κ1) is 24.1. The maximum absolute atomic E-state index is 12.1. The first-order chi connectivity index (χ1) is 18.4. The Morgan fingerprint density at radius 2 is 1.97 bits per heavy atom. The summed E-state index contributed by atoms with van der Waals surface area (Å²) >= 11 is 0. The van der Waals surface area contributed by atoms with Gasteiger partial charge in [-0.1, -0.05) is 18.2 Å². The van der Waals surface area contributed by atoms with Crippen LogP contribution in [0.2, 0.25) is 0 Å². The van der Waals surface area contributed by atoms with Gasteiger partial charge >= 0.3 is 0 Å². The van der Waals surface area contributed by atoms with Crippen molar-refractivity contribution in [1.29, 1.82) is 5.26 Å². The molecule has 0 amide bonds. The van der Waals surface area contributed by atoms with Crippen LogP contribution in [0.3, 0.4) is 0 Å². The molecule has 0 bridgehead atoms. The number of anilines is 1. The molecule has 5 aromatic rings. The van der Waals surface area contributed by atoms with Crippen molar-refractivity contribution in [1.82, 2.24) is 34.1 Å². The van der Waals surface area contributed by atoms with E-state index in [1.807, 2.05) is 6.07 Å². The molecular weight excluding hydrogens is 484 g/mol. The van der Waals surface area contributed by atoms with Crippen molar-refractivity contribution < 1.29 is 0 Å². The maximum Gasteiger partial charge on any atom is 0.250 e. The predicted octanol–water partition coefficient (Wildman–Crippen LogP) is 1.00. The summed E-state index contributed by atoms with van der Waals surface area (Å²) in [6.07, 6.45) is 3.28. The Hall–Kier alpha value is -5.61. The summed E-state index contributed by atoms with van der Waals surface area (Å²) in [4.78, 5) is 25.7. The summed E-state index contributed by atoms with van der Waals surface area (Å²) in [5.74, 6) is 12.5. The van der Waals surface area contributed by atoms with Gasteiger partial charge in [0.25, 0.3) is 0 Å². The van der Waals surface area contributed by atoms with Crippen LogP contribution in [0.4, 0.5) is 5.95 Å². The number of benzene rings is 1. The number of nitriles is 1. The summed E-state index contributed by atoms with van der Waals surface area (Å²) in [5, 5.41) is 19.0. The van der Waals surface area contributed by atoms with Crippen molar-refractivity contribution in [2.24, 2.45) is 23.8 Å². The van der Waals surface area contributed by atoms with E-state index in [9.17, 15) is 10.1 Å². The van der Waals surface area contributed by atoms with Gasteiger partial charge in [0.15, 0.2) is 17.3 Å². The molecular formula is C25H22N12O. The fraction of sp³-hybridized carbons (Fsp3) is 0.0800. The van der Waals surface area contributed by atoms with E-state index < -0.39 is 0 Å². The van der Waals surface area contributed by atoms with Crippen LogP contribution in [-0.4, -0.2) is 40.0 Å². The number of hydrazine groups is 1. The quantitative estimate of drug-likeness (QED) is 0.134. The number of pyridine rings is 2. The Morgan fingerprint density at radius 3 is 2.68 bits per heavy atom. The Bertz CT molecular complexity index is 1780.